The number of aromatic nitrogens is 2. The SMILES string of the molecule is O=C(NC1CC1)C(Sc1ncc(-c2ccc(F)cc2)[nH]1)c1ccccc1. The number of aromatic amines is 1. The van der Waals surface area contributed by atoms with Crippen LogP contribution in [-0.2, 0) is 4.79 Å². The van der Waals surface area contributed by atoms with Crippen molar-refractivity contribution in [3.63, 3.8) is 0 Å². The Morgan fingerprint density at radius 2 is 1.88 bits per heavy atom. The third-order valence-corrected chi connectivity index (χ3v) is 5.35. The zero-order chi connectivity index (χ0) is 17.9. The molecule has 0 aliphatic heterocycles. The molecule has 0 spiro atoms. The van der Waals surface area contributed by atoms with E-state index in [0.29, 0.717) is 11.2 Å². The second-order valence-electron chi connectivity index (χ2n) is 6.30. The van der Waals surface area contributed by atoms with Crippen LogP contribution in [0, 0.1) is 5.82 Å². The van der Waals surface area contributed by atoms with E-state index in [-0.39, 0.29) is 17.0 Å². The van der Waals surface area contributed by atoms with E-state index in [4.69, 9.17) is 0 Å². The van der Waals surface area contributed by atoms with Gasteiger partial charge in [-0.15, -0.1) is 0 Å². The summed E-state index contributed by atoms with van der Waals surface area (Å²) in [5.41, 5.74) is 2.58. The third kappa shape index (κ3) is 3.96. The van der Waals surface area contributed by atoms with Gasteiger partial charge in [-0.3, -0.25) is 4.79 Å². The summed E-state index contributed by atoms with van der Waals surface area (Å²) in [6.45, 7) is 0. The summed E-state index contributed by atoms with van der Waals surface area (Å²) >= 11 is 1.39. The van der Waals surface area contributed by atoms with E-state index in [9.17, 15) is 9.18 Å². The fraction of sp³-hybridized carbons (Fsp3) is 0.200. The number of nitrogens with zero attached hydrogens (tertiary/aromatic N) is 1. The predicted molar refractivity (Wildman–Crippen MR) is 100 cm³/mol. The number of nitrogens with one attached hydrogen (secondary N) is 2. The first-order chi connectivity index (χ1) is 12.7. The number of carbonyl (C=O) groups excluding carboxylic acids is 1. The van der Waals surface area contributed by atoms with Crippen LogP contribution in [0.5, 0.6) is 0 Å². The maximum absolute atomic E-state index is 13.1. The molecule has 0 saturated heterocycles. The molecule has 26 heavy (non-hydrogen) atoms. The van der Waals surface area contributed by atoms with Gasteiger partial charge in [0.1, 0.15) is 11.1 Å². The van der Waals surface area contributed by atoms with Crippen molar-refractivity contribution in [3.05, 3.63) is 72.2 Å². The van der Waals surface area contributed by atoms with Gasteiger partial charge in [0.25, 0.3) is 0 Å². The summed E-state index contributed by atoms with van der Waals surface area (Å²) in [4.78, 5) is 20.3. The second kappa shape index (κ2) is 7.33. The number of rotatable bonds is 6. The monoisotopic (exact) mass is 367 g/mol. The van der Waals surface area contributed by atoms with E-state index < -0.39 is 0 Å². The third-order valence-electron chi connectivity index (χ3n) is 4.20. The highest BCUT2D eigenvalue weighted by Gasteiger charge is 2.29. The van der Waals surface area contributed by atoms with E-state index in [1.54, 1.807) is 18.3 Å². The molecular formula is C20H18FN3OS. The summed E-state index contributed by atoms with van der Waals surface area (Å²) in [6.07, 6.45) is 3.80. The number of carbonyl (C=O) groups is 1. The molecule has 3 aromatic rings. The van der Waals surface area contributed by atoms with Crippen LogP contribution in [-0.4, -0.2) is 21.9 Å². The Morgan fingerprint density at radius 3 is 2.58 bits per heavy atom. The molecule has 1 aliphatic carbocycles. The smallest absolute Gasteiger partial charge is 0.238 e. The molecule has 0 radical (unpaired) electrons. The lowest BCUT2D eigenvalue weighted by Crippen LogP contribution is -2.29. The van der Waals surface area contributed by atoms with Gasteiger partial charge in [-0.2, -0.15) is 0 Å². The minimum Gasteiger partial charge on any atom is -0.352 e. The van der Waals surface area contributed by atoms with Crippen LogP contribution >= 0.6 is 11.8 Å². The molecule has 1 atom stereocenters. The molecule has 4 nitrogen and oxygen atoms in total. The fourth-order valence-electron chi connectivity index (χ4n) is 2.66. The van der Waals surface area contributed by atoms with E-state index in [2.05, 4.69) is 15.3 Å². The Morgan fingerprint density at radius 1 is 1.15 bits per heavy atom. The number of benzene rings is 2. The molecule has 6 heteroatoms. The average Bonchev–Trinajstić information content (AvgIpc) is 3.35. The lowest BCUT2D eigenvalue weighted by atomic mass is 10.1. The number of H-pyrrole nitrogens is 1. The van der Waals surface area contributed by atoms with Gasteiger partial charge in [0.2, 0.25) is 5.91 Å². The second-order valence-corrected chi connectivity index (χ2v) is 7.39. The van der Waals surface area contributed by atoms with Crippen LogP contribution in [0.2, 0.25) is 0 Å². The molecule has 1 heterocycles. The topological polar surface area (TPSA) is 57.8 Å². The van der Waals surface area contributed by atoms with E-state index in [1.165, 1.54) is 23.9 Å². The number of hydrogen-bond acceptors (Lipinski definition) is 3. The van der Waals surface area contributed by atoms with E-state index in [0.717, 1.165) is 29.7 Å². The first-order valence-electron chi connectivity index (χ1n) is 8.52. The summed E-state index contributed by atoms with van der Waals surface area (Å²) in [5.74, 6) is -0.271. The molecule has 2 aromatic carbocycles. The molecule has 1 aromatic heterocycles. The number of amides is 1. The molecule has 4 rings (SSSR count). The molecule has 132 valence electrons. The van der Waals surface area contributed by atoms with Crippen molar-refractivity contribution in [3.8, 4) is 11.3 Å². The van der Waals surface area contributed by atoms with Crippen LogP contribution in [0.15, 0.2) is 66.0 Å². The van der Waals surface area contributed by atoms with Crippen LogP contribution in [0.4, 0.5) is 4.39 Å². The lowest BCUT2D eigenvalue weighted by molar-refractivity contribution is -0.120. The zero-order valence-electron chi connectivity index (χ0n) is 14.0. The van der Waals surface area contributed by atoms with Gasteiger partial charge in [0.05, 0.1) is 11.9 Å². The summed E-state index contributed by atoms with van der Waals surface area (Å²) in [6, 6.07) is 16.2. The molecule has 2 N–H and O–H groups in total. The highest BCUT2D eigenvalue weighted by atomic mass is 32.2. The molecule has 0 bridgehead atoms. The van der Waals surface area contributed by atoms with Crippen molar-refractivity contribution in [2.24, 2.45) is 0 Å². The highest BCUT2D eigenvalue weighted by Crippen LogP contribution is 2.35. The Hall–Kier alpha value is -2.60. The number of thioether (sulfide) groups is 1. The predicted octanol–water partition coefficient (Wildman–Crippen LogP) is 4.33. The molecule has 1 unspecified atom stereocenters. The first kappa shape index (κ1) is 16.8. The minimum absolute atomic E-state index is 0.00318. The molecule has 1 aliphatic rings. The van der Waals surface area contributed by atoms with Gasteiger partial charge in [-0.05, 0) is 48.2 Å². The van der Waals surface area contributed by atoms with Crippen molar-refractivity contribution in [2.75, 3.05) is 0 Å². The van der Waals surface area contributed by atoms with Crippen molar-refractivity contribution < 1.29 is 9.18 Å². The van der Waals surface area contributed by atoms with E-state index in [1.807, 2.05) is 30.3 Å². The molecule has 1 saturated carbocycles. The quantitative estimate of drug-likeness (QED) is 0.638. The number of imidazole rings is 1. The normalized spacial score (nSPS) is 14.8. The van der Waals surface area contributed by atoms with Gasteiger partial charge >= 0.3 is 0 Å². The van der Waals surface area contributed by atoms with Crippen molar-refractivity contribution in [1.82, 2.24) is 15.3 Å². The summed E-state index contributed by atoms with van der Waals surface area (Å²) < 4.78 is 13.1. The Labute approximate surface area is 155 Å². The minimum atomic E-state index is -0.371. The molecule has 1 amide bonds. The Balaban J connectivity index is 1.55. The van der Waals surface area contributed by atoms with Crippen LogP contribution in [0.3, 0.4) is 0 Å². The van der Waals surface area contributed by atoms with Gasteiger partial charge in [0, 0.05) is 6.04 Å². The van der Waals surface area contributed by atoms with Crippen LogP contribution < -0.4 is 5.32 Å². The largest absolute Gasteiger partial charge is 0.352 e. The van der Waals surface area contributed by atoms with Gasteiger partial charge < -0.3 is 10.3 Å². The maximum Gasteiger partial charge on any atom is 0.238 e. The maximum atomic E-state index is 13.1. The Kier molecular flexibility index (Phi) is 4.75. The summed E-state index contributed by atoms with van der Waals surface area (Å²) in [7, 11) is 0. The van der Waals surface area contributed by atoms with Gasteiger partial charge in [0.15, 0.2) is 5.16 Å². The highest BCUT2D eigenvalue weighted by molar-refractivity contribution is 8.00. The molecular weight excluding hydrogens is 349 g/mol. The lowest BCUT2D eigenvalue weighted by Gasteiger charge is -2.15. The molecule has 1 fully saturated rings. The summed E-state index contributed by atoms with van der Waals surface area (Å²) in [5, 5.41) is 3.36. The standard InChI is InChI=1S/C20H18FN3OS/c21-15-8-6-13(7-9-15)17-12-22-20(24-17)26-18(14-4-2-1-3-5-14)19(25)23-16-10-11-16/h1-9,12,16,18H,10-11H2,(H,22,24)(H,23,25). The van der Waals surface area contributed by atoms with Crippen molar-refractivity contribution in [2.45, 2.75) is 29.3 Å². The van der Waals surface area contributed by atoms with E-state index >= 15 is 0 Å². The fourth-order valence-corrected chi connectivity index (χ4v) is 3.63. The van der Waals surface area contributed by atoms with Crippen LogP contribution in [0.1, 0.15) is 23.7 Å². The Bertz CT molecular complexity index is 891. The first-order valence-corrected chi connectivity index (χ1v) is 9.40. The number of hydrogen-bond donors (Lipinski definition) is 2. The average molecular weight is 367 g/mol. The van der Waals surface area contributed by atoms with Crippen LogP contribution in [0.25, 0.3) is 11.3 Å². The number of halogens is 1. The zero-order valence-corrected chi connectivity index (χ0v) is 14.8. The van der Waals surface area contributed by atoms with Gasteiger partial charge in [-0.25, -0.2) is 9.37 Å². The van der Waals surface area contributed by atoms with Gasteiger partial charge in [-0.1, -0.05) is 42.1 Å². The van der Waals surface area contributed by atoms with Crippen molar-refractivity contribution in [1.29, 1.82) is 0 Å². The van der Waals surface area contributed by atoms with Crippen molar-refractivity contribution >= 4 is 17.7 Å².